The number of halogens is 1. The lowest BCUT2D eigenvalue weighted by atomic mass is 9.81. The third-order valence-corrected chi connectivity index (χ3v) is 5.63. The minimum atomic E-state index is -1.58. The van der Waals surface area contributed by atoms with Crippen molar-refractivity contribution in [1.29, 1.82) is 0 Å². The van der Waals surface area contributed by atoms with Crippen molar-refractivity contribution in [2.75, 3.05) is 6.61 Å². The lowest BCUT2D eigenvalue weighted by Gasteiger charge is -2.29. The van der Waals surface area contributed by atoms with Crippen LogP contribution in [0.2, 0.25) is 0 Å². The Morgan fingerprint density at radius 2 is 1.96 bits per heavy atom. The fourth-order valence-electron chi connectivity index (χ4n) is 3.74. The molecule has 0 aliphatic heterocycles. The van der Waals surface area contributed by atoms with Gasteiger partial charge in [0.15, 0.2) is 0 Å². The number of aryl methyl sites for hydroxylation is 2. The van der Waals surface area contributed by atoms with Gasteiger partial charge in [-0.25, -0.2) is 9.37 Å². The number of ketones is 1. The average molecular weight is 369 g/mol. The summed E-state index contributed by atoms with van der Waals surface area (Å²) in [6, 6.07) is 4.14. The quantitative estimate of drug-likeness (QED) is 0.798. The van der Waals surface area contributed by atoms with Crippen LogP contribution in [0, 0.1) is 19.8 Å². The molecule has 6 heteroatoms. The van der Waals surface area contributed by atoms with Crippen molar-refractivity contribution in [3.8, 4) is 5.88 Å². The maximum Gasteiger partial charge on any atom is 0.223 e. The predicted octanol–water partition coefficient (Wildman–Crippen LogP) is 3.98. The Kier molecular flexibility index (Phi) is 4.66. The van der Waals surface area contributed by atoms with Crippen LogP contribution in [0.3, 0.4) is 0 Å². The van der Waals surface area contributed by atoms with Crippen molar-refractivity contribution in [1.82, 2.24) is 15.0 Å². The molecule has 2 saturated carbocycles. The molecule has 0 saturated heterocycles. The van der Waals surface area contributed by atoms with E-state index < -0.39 is 5.67 Å². The van der Waals surface area contributed by atoms with Crippen molar-refractivity contribution in [2.24, 2.45) is 5.92 Å². The minimum Gasteiger partial charge on any atom is -0.477 e. The highest BCUT2D eigenvalue weighted by atomic mass is 19.1. The Balaban J connectivity index is 1.45. The smallest absolute Gasteiger partial charge is 0.223 e. The second kappa shape index (κ2) is 6.98. The summed E-state index contributed by atoms with van der Waals surface area (Å²) in [6.45, 7) is 4.27. The van der Waals surface area contributed by atoms with Gasteiger partial charge in [0.1, 0.15) is 17.3 Å². The largest absolute Gasteiger partial charge is 0.477 e. The molecular formula is C21H24FN3O2. The zero-order valence-corrected chi connectivity index (χ0v) is 15.7. The van der Waals surface area contributed by atoms with Crippen molar-refractivity contribution in [3.63, 3.8) is 0 Å². The van der Waals surface area contributed by atoms with E-state index in [-0.39, 0.29) is 31.5 Å². The Labute approximate surface area is 158 Å². The van der Waals surface area contributed by atoms with Crippen LogP contribution in [-0.2, 0) is 10.5 Å². The Hall–Kier alpha value is -2.37. The average Bonchev–Trinajstić information content (AvgIpc) is 3.43. The number of hydrogen-bond donors (Lipinski definition) is 0. The molecule has 0 radical (unpaired) electrons. The molecule has 0 aromatic carbocycles. The van der Waals surface area contributed by atoms with Gasteiger partial charge < -0.3 is 4.74 Å². The van der Waals surface area contributed by atoms with Crippen molar-refractivity contribution >= 4 is 5.78 Å². The number of nitrogens with zero attached hydrogens (tertiary/aromatic N) is 3. The SMILES string of the molecule is Cc1ccc([C@H]2C[C@@H]2COc2nc(C)ncc2C2(F)CCC(=O)CC2)nc1. The van der Waals surface area contributed by atoms with Gasteiger partial charge in [-0.15, -0.1) is 0 Å². The van der Waals surface area contributed by atoms with Gasteiger partial charge in [0.05, 0.1) is 12.2 Å². The van der Waals surface area contributed by atoms with Gasteiger partial charge in [-0.3, -0.25) is 9.78 Å². The number of Topliss-reactive ketones (excluding diaryl/α,β-unsaturated/α-hetero) is 1. The van der Waals surface area contributed by atoms with Crippen LogP contribution in [0.15, 0.2) is 24.5 Å². The molecule has 2 atom stereocenters. The number of aromatic nitrogens is 3. The van der Waals surface area contributed by atoms with E-state index in [2.05, 4.69) is 27.1 Å². The molecule has 0 amide bonds. The first-order chi connectivity index (χ1) is 12.9. The van der Waals surface area contributed by atoms with Gasteiger partial charge in [0.2, 0.25) is 5.88 Å². The first-order valence-corrected chi connectivity index (χ1v) is 9.55. The topological polar surface area (TPSA) is 65.0 Å². The summed E-state index contributed by atoms with van der Waals surface area (Å²) >= 11 is 0. The van der Waals surface area contributed by atoms with Crippen LogP contribution in [0.5, 0.6) is 5.88 Å². The molecule has 0 bridgehead atoms. The fraction of sp³-hybridized carbons (Fsp3) is 0.524. The lowest BCUT2D eigenvalue weighted by molar-refractivity contribution is -0.123. The van der Waals surface area contributed by atoms with Gasteiger partial charge >= 0.3 is 0 Å². The van der Waals surface area contributed by atoms with E-state index in [0.717, 1.165) is 17.7 Å². The number of pyridine rings is 1. The summed E-state index contributed by atoms with van der Waals surface area (Å²) in [5.41, 5.74) is 1.03. The van der Waals surface area contributed by atoms with Gasteiger partial charge in [0.25, 0.3) is 0 Å². The summed E-state index contributed by atoms with van der Waals surface area (Å²) in [5, 5.41) is 0. The van der Waals surface area contributed by atoms with Crippen LogP contribution >= 0.6 is 0 Å². The molecule has 0 unspecified atom stereocenters. The highest BCUT2D eigenvalue weighted by Gasteiger charge is 2.42. The van der Waals surface area contributed by atoms with Crippen LogP contribution in [0.25, 0.3) is 0 Å². The van der Waals surface area contributed by atoms with Crippen molar-refractivity contribution in [2.45, 2.75) is 57.5 Å². The standard InChI is InChI=1S/C21H24FN3O2/c1-13-3-4-19(24-10-13)17-9-15(17)12-27-20-18(11-23-14(2)25-20)21(22)7-5-16(26)6-8-21/h3-4,10-11,15,17H,5-9,12H2,1-2H3/t15-,17+/m1/s1. The molecule has 2 heterocycles. The summed E-state index contributed by atoms with van der Waals surface area (Å²) in [7, 11) is 0. The molecular weight excluding hydrogens is 345 g/mol. The number of hydrogen-bond acceptors (Lipinski definition) is 5. The zero-order valence-electron chi connectivity index (χ0n) is 15.7. The predicted molar refractivity (Wildman–Crippen MR) is 98.3 cm³/mol. The molecule has 4 rings (SSSR count). The minimum absolute atomic E-state index is 0.116. The highest BCUT2D eigenvalue weighted by Crippen LogP contribution is 2.47. The second-order valence-corrected chi connectivity index (χ2v) is 7.81. The molecule has 142 valence electrons. The summed E-state index contributed by atoms with van der Waals surface area (Å²) < 4.78 is 21.4. The highest BCUT2D eigenvalue weighted by molar-refractivity contribution is 5.79. The van der Waals surface area contributed by atoms with Crippen LogP contribution < -0.4 is 4.74 Å². The van der Waals surface area contributed by atoms with E-state index in [9.17, 15) is 4.79 Å². The van der Waals surface area contributed by atoms with E-state index in [1.54, 1.807) is 6.92 Å². The van der Waals surface area contributed by atoms with Gasteiger partial charge in [-0.1, -0.05) is 6.07 Å². The summed E-state index contributed by atoms with van der Waals surface area (Å²) in [4.78, 5) is 24.5. The molecule has 2 aromatic heterocycles. The third kappa shape index (κ3) is 3.84. The van der Waals surface area contributed by atoms with E-state index in [1.807, 2.05) is 13.1 Å². The van der Waals surface area contributed by atoms with Gasteiger partial charge in [-0.05, 0) is 44.7 Å². The lowest BCUT2D eigenvalue weighted by Crippen LogP contribution is -2.28. The summed E-state index contributed by atoms with van der Waals surface area (Å²) in [6.07, 6.45) is 5.29. The Morgan fingerprint density at radius 3 is 2.67 bits per heavy atom. The zero-order chi connectivity index (χ0) is 19.0. The van der Waals surface area contributed by atoms with Crippen LogP contribution in [0.1, 0.15) is 60.7 Å². The first kappa shape index (κ1) is 18.0. The van der Waals surface area contributed by atoms with E-state index in [0.29, 0.717) is 35.7 Å². The summed E-state index contributed by atoms with van der Waals surface area (Å²) in [5.74, 6) is 1.75. The van der Waals surface area contributed by atoms with Crippen molar-refractivity contribution in [3.05, 3.63) is 47.2 Å². The normalized spacial score (nSPS) is 23.9. The van der Waals surface area contributed by atoms with Crippen LogP contribution in [0.4, 0.5) is 4.39 Å². The van der Waals surface area contributed by atoms with E-state index in [4.69, 9.17) is 4.74 Å². The van der Waals surface area contributed by atoms with E-state index in [1.165, 1.54) is 6.20 Å². The Morgan fingerprint density at radius 1 is 1.19 bits per heavy atom. The number of alkyl halides is 1. The van der Waals surface area contributed by atoms with Gasteiger partial charge in [0, 0.05) is 42.8 Å². The van der Waals surface area contributed by atoms with Gasteiger partial charge in [-0.2, -0.15) is 4.98 Å². The molecule has 2 aromatic rings. The molecule has 2 aliphatic carbocycles. The number of rotatable bonds is 5. The number of carbonyl (C=O) groups excluding carboxylic acids is 1. The van der Waals surface area contributed by atoms with E-state index >= 15 is 4.39 Å². The van der Waals surface area contributed by atoms with Crippen LogP contribution in [-0.4, -0.2) is 27.3 Å². The number of ether oxygens (including phenoxy) is 1. The van der Waals surface area contributed by atoms with Crippen molar-refractivity contribution < 1.29 is 13.9 Å². The second-order valence-electron chi connectivity index (χ2n) is 7.81. The maximum atomic E-state index is 15.5. The molecule has 2 fully saturated rings. The Bertz CT molecular complexity index is 843. The third-order valence-electron chi connectivity index (χ3n) is 5.63. The molecule has 27 heavy (non-hydrogen) atoms. The molecule has 2 aliphatic rings. The number of carbonyl (C=O) groups is 1. The fourth-order valence-corrected chi connectivity index (χ4v) is 3.74. The monoisotopic (exact) mass is 369 g/mol. The molecule has 0 spiro atoms. The first-order valence-electron chi connectivity index (χ1n) is 9.55. The molecule has 0 N–H and O–H groups in total. The molecule has 5 nitrogen and oxygen atoms in total. The maximum absolute atomic E-state index is 15.5.